The van der Waals surface area contributed by atoms with E-state index in [2.05, 4.69) is 19.3 Å². The van der Waals surface area contributed by atoms with Crippen LogP contribution in [0.1, 0.15) is 37.8 Å². The number of nitrogens with one attached hydrogen (secondary N) is 1. The predicted molar refractivity (Wildman–Crippen MR) is 70.3 cm³/mol. The number of halogens is 3. The lowest BCUT2D eigenvalue weighted by atomic mass is 9.94. The van der Waals surface area contributed by atoms with Gasteiger partial charge < -0.3 is 0 Å². The number of hydrogen-bond donors (Lipinski definition) is 2. The van der Waals surface area contributed by atoms with E-state index < -0.39 is 11.7 Å². The van der Waals surface area contributed by atoms with E-state index in [4.69, 9.17) is 5.84 Å². The molecule has 0 spiro atoms. The molecule has 2 unspecified atom stereocenters. The monoisotopic (exact) mass is 274 g/mol. The zero-order valence-corrected chi connectivity index (χ0v) is 11.3. The molecule has 19 heavy (non-hydrogen) atoms. The van der Waals surface area contributed by atoms with Gasteiger partial charge in [-0.2, -0.15) is 13.2 Å². The van der Waals surface area contributed by atoms with Crippen LogP contribution in [0.4, 0.5) is 13.2 Å². The number of rotatable bonds is 6. The fourth-order valence-electron chi connectivity index (χ4n) is 2.02. The summed E-state index contributed by atoms with van der Waals surface area (Å²) in [6.07, 6.45) is -1.91. The van der Waals surface area contributed by atoms with E-state index in [9.17, 15) is 13.2 Å². The molecule has 2 nitrogen and oxygen atoms in total. The van der Waals surface area contributed by atoms with Crippen molar-refractivity contribution in [2.24, 2.45) is 11.8 Å². The van der Waals surface area contributed by atoms with Crippen LogP contribution in [-0.4, -0.2) is 6.04 Å². The van der Waals surface area contributed by atoms with Gasteiger partial charge in [-0.05, 0) is 30.4 Å². The Balaban J connectivity index is 2.75. The van der Waals surface area contributed by atoms with Crippen LogP contribution in [0.25, 0.3) is 0 Å². The molecule has 2 atom stereocenters. The fourth-order valence-corrected chi connectivity index (χ4v) is 2.02. The van der Waals surface area contributed by atoms with Crippen LogP contribution >= 0.6 is 0 Å². The third-order valence-electron chi connectivity index (χ3n) is 3.36. The van der Waals surface area contributed by atoms with Gasteiger partial charge in [0.2, 0.25) is 0 Å². The molecule has 5 heteroatoms. The molecule has 1 rings (SSSR count). The second kappa shape index (κ2) is 6.91. The van der Waals surface area contributed by atoms with Gasteiger partial charge in [0.15, 0.2) is 0 Å². The highest BCUT2D eigenvalue weighted by Gasteiger charge is 2.30. The van der Waals surface area contributed by atoms with E-state index in [1.165, 1.54) is 12.1 Å². The fraction of sp³-hybridized carbons (Fsp3) is 0.571. The molecule has 3 N–H and O–H groups in total. The van der Waals surface area contributed by atoms with E-state index in [0.717, 1.165) is 18.9 Å². The van der Waals surface area contributed by atoms with Crippen LogP contribution in [0.15, 0.2) is 24.3 Å². The van der Waals surface area contributed by atoms with Crippen molar-refractivity contribution in [2.45, 2.75) is 45.3 Å². The standard InChI is InChI=1S/C14H21F3N2/c1-3-10(2)7-13(19-18)9-11-5-4-6-12(8-11)14(15,16)17/h4-6,8,10,13,19H,3,7,9,18H2,1-2H3. The Morgan fingerprint density at radius 3 is 2.53 bits per heavy atom. The quantitative estimate of drug-likeness (QED) is 0.615. The normalized spacial score (nSPS) is 15.3. The molecule has 1 aromatic rings. The highest BCUT2D eigenvalue weighted by atomic mass is 19.4. The Morgan fingerprint density at radius 1 is 1.32 bits per heavy atom. The molecule has 0 fully saturated rings. The predicted octanol–water partition coefficient (Wildman–Crippen LogP) is 3.52. The number of alkyl halides is 3. The Labute approximate surface area is 112 Å². The minimum Gasteiger partial charge on any atom is -0.271 e. The number of benzene rings is 1. The summed E-state index contributed by atoms with van der Waals surface area (Å²) < 4.78 is 37.8. The van der Waals surface area contributed by atoms with Crippen molar-refractivity contribution < 1.29 is 13.2 Å². The Hall–Kier alpha value is -1.07. The van der Waals surface area contributed by atoms with E-state index in [1.807, 2.05) is 0 Å². The summed E-state index contributed by atoms with van der Waals surface area (Å²) in [5.74, 6) is 5.97. The molecule has 0 saturated heterocycles. The van der Waals surface area contributed by atoms with Crippen molar-refractivity contribution in [1.29, 1.82) is 0 Å². The molecule has 0 saturated carbocycles. The summed E-state index contributed by atoms with van der Waals surface area (Å²) >= 11 is 0. The summed E-state index contributed by atoms with van der Waals surface area (Å²) in [6.45, 7) is 4.19. The Kier molecular flexibility index (Phi) is 5.82. The SMILES string of the molecule is CCC(C)CC(Cc1cccc(C(F)(F)F)c1)NN. The summed E-state index contributed by atoms with van der Waals surface area (Å²) in [6, 6.07) is 5.42. The smallest absolute Gasteiger partial charge is 0.271 e. The molecule has 1 aromatic carbocycles. The van der Waals surface area contributed by atoms with Gasteiger partial charge in [-0.3, -0.25) is 11.3 Å². The Bertz CT molecular complexity index is 391. The third-order valence-corrected chi connectivity index (χ3v) is 3.36. The average Bonchev–Trinajstić information content (AvgIpc) is 2.37. The molecule has 0 radical (unpaired) electrons. The van der Waals surface area contributed by atoms with Gasteiger partial charge >= 0.3 is 6.18 Å². The van der Waals surface area contributed by atoms with Gasteiger partial charge in [-0.15, -0.1) is 0 Å². The lowest BCUT2D eigenvalue weighted by Crippen LogP contribution is -2.38. The van der Waals surface area contributed by atoms with Gasteiger partial charge in [0, 0.05) is 6.04 Å². The van der Waals surface area contributed by atoms with Gasteiger partial charge in [-0.25, -0.2) is 0 Å². The first-order chi connectivity index (χ1) is 8.86. The lowest BCUT2D eigenvalue weighted by Gasteiger charge is -2.20. The van der Waals surface area contributed by atoms with Crippen LogP contribution in [0.3, 0.4) is 0 Å². The maximum atomic E-state index is 12.6. The van der Waals surface area contributed by atoms with Gasteiger partial charge in [0.05, 0.1) is 5.56 Å². The summed E-state index contributed by atoms with van der Waals surface area (Å²) in [7, 11) is 0. The molecule has 0 bridgehead atoms. The second-order valence-electron chi connectivity index (χ2n) is 5.01. The van der Waals surface area contributed by atoms with Crippen molar-refractivity contribution in [1.82, 2.24) is 5.43 Å². The van der Waals surface area contributed by atoms with Crippen LogP contribution in [-0.2, 0) is 12.6 Å². The van der Waals surface area contributed by atoms with Crippen molar-refractivity contribution in [3.63, 3.8) is 0 Å². The largest absolute Gasteiger partial charge is 0.416 e. The minimum atomic E-state index is -4.29. The zero-order valence-electron chi connectivity index (χ0n) is 11.3. The van der Waals surface area contributed by atoms with Gasteiger partial charge in [0.1, 0.15) is 0 Å². The van der Waals surface area contributed by atoms with E-state index >= 15 is 0 Å². The number of hydrazine groups is 1. The van der Waals surface area contributed by atoms with Crippen molar-refractivity contribution in [2.75, 3.05) is 0 Å². The molecule has 108 valence electrons. The van der Waals surface area contributed by atoms with Gasteiger partial charge in [0.25, 0.3) is 0 Å². The van der Waals surface area contributed by atoms with Crippen molar-refractivity contribution >= 4 is 0 Å². The molecule has 0 aliphatic rings. The maximum absolute atomic E-state index is 12.6. The van der Waals surface area contributed by atoms with Crippen LogP contribution in [0.5, 0.6) is 0 Å². The molecule has 0 aliphatic carbocycles. The van der Waals surface area contributed by atoms with E-state index in [-0.39, 0.29) is 6.04 Å². The first kappa shape index (κ1) is 16.0. The third kappa shape index (κ3) is 5.20. The zero-order chi connectivity index (χ0) is 14.5. The minimum absolute atomic E-state index is 0.00145. The van der Waals surface area contributed by atoms with Crippen molar-refractivity contribution in [3.05, 3.63) is 35.4 Å². The summed E-state index contributed by atoms with van der Waals surface area (Å²) in [5.41, 5.74) is 2.74. The molecule has 0 amide bonds. The highest BCUT2D eigenvalue weighted by Crippen LogP contribution is 2.29. The molecule has 0 aliphatic heterocycles. The summed E-state index contributed by atoms with van der Waals surface area (Å²) in [5, 5.41) is 0. The maximum Gasteiger partial charge on any atom is 0.416 e. The van der Waals surface area contributed by atoms with Gasteiger partial charge in [-0.1, -0.05) is 38.5 Å². The first-order valence-corrected chi connectivity index (χ1v) is 6.49. The van der Waals surface area contributed by atoms with E-state index in [1.54, 1.807) is 6.07 Å². The number of nitrogens with two attached hydrogens (primary N) is 1. The molecule has 0 aromatic heterocycles. The second-order valence-corrected chi connectivity index (χ2v) is 5.01. The topological polar surface area (TPSA) is 38.0 Å². The average molecular weight is 274 g/mol. The number of hydrogen-bond acceptors (Lipinski definition) is 2. The molecular weight excluding hydrogens is 253 g/mol. The lowest BCUT2D eigenvalue weighted by molar-refractivity contribution is -0.137. The van der Waals surface area contributed by atoms with Crippen LogP contribution < -0.4 is 11.3 Å². The van der Waals surface area contributed by atoms with Crippen molar-refractivity contribution in [3.8, 4) is 0 Å². The van der Waals surface area contributed by atoms with Crippen LogP contribution in [0, 0.1) is 5.92 Å². The van der Waals surface area contributed by atoms with Crippen LogP contribution in [0.2, 0.25) is 0 Å². The Morgan fingerprint density at radius 2 is 2.00 bits per heavy atom. The van der Waals surface area contributed by atoms with E-state index in [0.29, 0.717) is 17.9 Å². The molecule has 0 heterocycles. The molecular formula is C14H21F3N2. The summed E-state index contributed by atoms with van der Waals surface area (Å²) in [4.78, 5) is 0. The first-order valence-electron chi connectivity index (χ1n) is 6.49. The highest BCUT2D eigenvalue weighted by molar-refractivity contribution is 5.26.